The van der Waals surface area contributed by atoms with E-state index in [2.05, 4.69) is 25.6 Å². The molecular formula is C17H20N6O3. The predicted octanol–water partition coefficient (Wildman–Crippen LogP) is 1.89. The molecule has 3 amide bonds. The molecule has 1 aliphatic rings. The second kappa shape index (κ2) is 7.77. The topological polar surface area (TPSA) is 109 Å². The highest BCUT2D eigenvalue weighted by Gasteiger charge is 2.29. The van der Waals surface area contributed by atoms with Gasteiger partial charge in [-0.25, -0.2) is 19.7 Å². The summed E-state index contributed by atoms with van der Waals surface area (Å²) in [6.07, 6.45) is 6.18. The zero-order chi connectivity index (χ0) is 18.5. The van der Waals surface area contributed by atoms with E-state index >= 15 is 0 Å². The zero-order valence-electron chi connectivity index (χ0n) is 14.6. The fourth-order valence-electron chi connectivity index (χ4n) is 2.68. The first kappa shape index (κ1) is 17.6. The van der Waals surface area contributed by atoms with Gasteiger partial charge in [-0.05, 0) is 18.6 Å². The first-order valence-corrected chi connectivity index (χ1v) is 8.31. The van der Waals surface area contributed by atoms with Crippen LogP contribution in [0.3, 0.4) is 0 Å². The number of pyridine rings is 1. The first-order chi connectivity index (χ1) is 12.6. The molecule has 0 aliphatic carbocycles. The Hall–Kier alpha value is -3.23. The summed E-state index contributed by atoms with van der Waals surface area (Å²) < 4.78 is 5.06. The lowest BCUT2D eigenvalue weighted by atomic mass is 10.1. The van der Waals surface area contributed by atoms with E-state index in [0.717, 1.165) is 6.42 Å². The van der Waals surface area contributed by atoms with Crippen molar-refractivity contribution in [3.05, 3.63) is 36.5 Å². The van der Waals surface area contributed by atoms with Crippen molar-refractivity contribution in [1.29, 1.82) is 0 Å². The van der Waals surface area contributed by atoms with Crippen LogP contribution in [0.15, 0.2) is 30.7 Å². The first-order valence-electron chi connectivity index (χ1n) is 8.31. The Morgan fingerprint density at radius 1 is 1.38 bits per heavy atom. The molecule has 1 atom stereocenters. The minimum atomic E-state index is -0.419. The van der Waals surface area contributed by atoms with E-state index in [1.54, 1.807) is 30.7 Å². The second-order valence-corrected chi connectivity index (χ2v) is 5.78. The van der Waals surface area contributed by atoms with Crippen LogP contribution >= 0.6 is 0 Å². The number of methoxy groups -OCH3 is 1. The molecule has 0 saturated heterocycles. The summed E-state index contributed by atoms with van der Waals surface area (Å²) in [7, 11) is 1.54. The van der Waals surface area contributed by atoms with Crippen molar-refractivity contribution in [2.75, 3.05) is 23.9 Å². The number of hydrogen-bond acceptors (Lipinski definition) is 6. The highest BCUT2D eigenvalue weighted by atomic mass is 16.5. The van der Waals surface area contributed by atoms with E-state index in [4.69, 9.17) is 4.74 Å². The normalized spacial score (nSPS) is 14.2. The molecule has 2 aromatic heterocycles. The van der Waals surface area contributed by atoms with Gasteiger partial charge < -0.3 is 15.4 Å². The van der Waals surface area contributed by atoms with Crippen molar-refractivity contribution in [3.63, 3.8) is 0 Å². The second-order valence-electron chi connectivity index (χ2n) is 5.78. The Bertz CT molecular complexity index is 795. The number of carbonyl (C=O) groups is 2. The summed E-state index contributed by atoms with van der Waals surface area (Å²) in [5.74, 6) is 1.17. The van der Waals surface area contributed by atoms with E-state index in [1.165, 1.54) is 12.0 Å². The summed E-state index contributed by atoms with van der Waals surface area (Å²) in [6, 6.07) is 2.61. The third kappa shape index (κ3) is 3.71. The fourth-order valence-corrected chi connectivity index (χ4v) is 2.68. The molecule has 1 aliphatic heterocycles. The number of hydrogen-bond donors (Lipinski definition) is 2. The van der Waals surface area contributed by atoms with E-state index in [9.17, 15) is 9.59 Å². The van der Waals surface area contributed by atoms with Crippen molar-refractivity contribution >= 4 is 23.4 Å². The molecule has 0 radical (unpaired) electrons. The highest BCUT2D eigenvalue weighted by Crippen LogP contribution is 2.27. The van der Waals surface area contributed by atoms with Gasteiger partial charge in [-0.2, -0.15) is 0 Å². The Balaban J connectivity index is 1.80. The van der Waals surface area contributed by atoms with E-state index in [-0.39, 0.29) is 18.5 Å². The Kier molecular flexibility index (Phi) is 5.26. The predicted molar refractivity (Wildman–Crippen MR) is 95.0 cm³/mol. The lowest BCUT2D eigenvalue weighted by molar-refractivity contribution is -0.115. The number of nitrogens with zero attached hydrogens (tertiary/aromatic N) is 4. The van der Waals surface area contributed by atoms with Crippen molar-refractivity contribution in [2.24, 2.45) is 0 Å². The molecule has 2 N–H and O–H groups in total. The van der Waals surface area contributed by atoms with Crippen LogP contribution < -0.4 is 20.3 Å². The van der Waals surface area contributed by atoms with Gasteiger partial charge in [0, 0.05) is 6.20 Å². The molecule has 3 rings (SSSR count). The lowest BCUT2D eigenvalue weighted by Gasteiger charge is -2.29. The van der Waals surface area contributed by atoms with Gasteiger partial charge in [0.2, 0.25) is 5.91 Å². The van der Waals surface area contributed by atoms with Crippen LogP contribution in [0.4, 0.5) is 16.3 Å². The fraction of sp³-hybridized carbons (Fsp3) is 0.353. The maximum Gasteiger partial charge on any atom is 0.324 e. The number of nitrogens with one attached hydrogen (secondary N) is 2. The van der Waals surface area contributed by atoms with E-state index in [1.807, 2.05) is 6.92 Å². The number of urea groups is 1. The minimum absolute atomic E-state index is 0.0990. The highest BCUT2D eigenvalue weighted by molar-refractivity contribution is 6.08. The molecule has 0 aromatic carbocycles. The van der Waals surface area contributed by atoms with Gasteiger partial charge in [-0.1, -0.05) is 13.3 Å². The lowest BCUT2D eigenvalue weighted by Crippen LogP contribution is -2.48. The summed E-state index contributed by atoms with van der Waals surface area (Å²) >= 11 is 0. The minimum Gasteiger partial charge on any atom is -0.494 e. The molecule has 9 heteroatoms. The van der Waals surface area contributed by atoms with Gasteiger partial charge in [-0.15, -0.1) is 0 Å². The molecule has 26 heavy (non-hydrogen) atoms. The summed E-state index contributed by atoms with van der Waals surface area (Å²) in [5.41, 5.74) is 0.506. The molecule has 0 spiro atoms. The summed E-state index contributed by atoms with van der Waals surface area (Å²) in [5, 5.41) is 5.61. The standard InChI is InChI=1S/C17H20N6O3/c1-3-5-12(15-19-8-11(26-2)9-20-15)22-17(25)23-10-14(24)21-13-6-4-7-18-16(13)23/h4,6-9,12H,3,5,10H2,1-2H3,(H,21,24)(H,22,25). The Morgan fingerprint density at radius 3 is 2.85 bits per heavy atom. The van der Waals surface area contributed by atoms with E-state index in [0.29, 0.717) is 29.5 Å². The quantitative estimate of drug-likeness (QED) is 0.847. The number of carbonyl (C=O) groups excluding carboxylic acids is 2. The number of fused-ring (bicyclic) bond motifs is 1. The van der Waals surface area contributed by atoms with Crippen LogP contribution in [-0.2, 0) is 4.79 Å². The van der Waals surface area contributed by atoms with Crippen LogP contribution in [0.1, 0.15) is 31.6 Å². The molecule has 0 fully saturated rings. The molecule has 9 nitrogen and oxygen atoms in total. The maximum absolute atomic E-state index is 12.8. The SMILES string of the molecule is CCCC(NC(=O)N1CC(=O)Nc2cccnc21)c1ncc(OC)cn1. The van der Waals surface area contributed by atoms with Crippen LogP contribution in [0.25, 0.3) is 0 Å². The van der Waals surface area contributed by atoms with Crippen molar-refractivity contribution in [1.82, 2.24) is 20.3 Å². The monoisotopic (exact) mass is 356 g/mol. The van der Waals surface area contributed by atoms with Crippen LogP contribution in [-0.4, -0.2) is 40.5 Å². The summed E-state index contributed by atoms with van der Waals surface area (Å²) in [4.78, 5) is 38.7. The van der Waals surface area contributed by atoms with Crippen LogP contribution in [0.5, 0.6) is 5.75 Å². The average molecular weight is 356 g/mol. The number of rotatable bonds is 5. The van der Waals surface area contributed by atoms with Gasteiger partial charge in [0.25, 0.3) is 0 Å². The van der Waals surface area contributed by atoms with Crippen molar-refractivity contribution in [3.8, 4) is 5.75 Å². The number of ether oxygens (including phenoxy) is 1. The molecule has 2 aromatic rings. The van der Waals surface area contributed by atoms with Gasteiger partial charge in [0.1, 0.15) is 6.54 Å². The number of aromatic nitrogens is 3. The third-order valence-corrected chi connectivity index (χ3v) is 3.93. The molecule has 0 saturated carbocycles. The Morgan fingerprint density at radius 2 is 2.15 bits per heavy atom. The van der Waals surface area contributed by atoms with Crippen molar-refractivity contribution < 1.29 is 14.3 Å². The Labute approximate surface area is 150 Å². The molecular weight excluding hydrogens is 336 g/mol. The van der Waals surface area contributed by atoms with Gasteiger partial charge >= 0.3 is 6.03 Å². The third-order valence-electron chi connectivity index (χ3n) is 3.93. The van der Waals surface area contributed by atoms with Crippen LogP contribution in [0.2, 0.25) is 0 Å². The van der Waals surface area contributed by atoms with Crippen LogP contribution in [0, 0.1) is 0 Å². The molecule has 136 valence electrons. The van der Waals surface area contributed by atoms with Gasteiger partial charge in [0.05, 0.1) is 31.2 Å². The van der Waals surface area contributed by atoms with Gasteiger partial charge in [-0.3, -0.25) is 9.69 Å². The molecule has 3 heterocycles. The van der Waals surface area contributed by atoms with Crippen molar-refractivity contribution in [2.45, 2.75) is 25.8 Å². The smallest absolute Gasteiger partial charge is 0.324 e. The number of amides is 3. The zero-order valence-corrected chi connectivity index (χ0v) is 14.6. The molecule has 1 unspecified atom stereocenters. The van der Waals surface area contributed by atoms with Gasteiger partial charge in [0.15, 0.2) is 17.4 Å². The number of anilines is 2. The summed E-state index contributed by atoms with van der Waals surface area (Å²) in [6.45, 7) is 1.91. The largest absolute Gasteiger partial charge is 0.494 e. The molecule has 0 bridgehead atoms. The average Bonchev–Trinajstić information content (AvgIpc) is 2.67. The van der Waals surface area contributed by atoms with E-state index < -0.39 is 6.03 Å². The maximum atomic E-state index is 12.8.